The van der Waals surface area contributed by atoms with Crippen molar-refractivity contribution < 1.29 is 14.6 Å². The number of carbonyl (C=O) groups is 1. The number of hydrogen-bond donors (Lipinski definition) is 2. The van der Waals surface area contributed by atoms with Crippen LogP contribution < -0.4 is 5.32 Å². The average molecular weight is 338 g/mol. The van der Waals surface area contributed by atoms with Crippen LogP contribution in [0.1, 0.15) is 65.7 Å². The third kappa shape index (κ3) is 3.88. The zero-order chi connectivity index (χ0) is 17.4. The molecule has 2 unspecified atom stereocenters. The summed E-state index contributed by atoms with van der Waals surface area (Å²) in [5.41, 5.74) is -0.207. The third-order valence-corrected chi connectivity index (χ3v) is 6.12. The predicted octanol–water partition coefficient (Wildman–Crippen LogP) is 2.92. The van der Waals surface area contributed by atoms with Crippen LogP contribution in [-0.2, 0) is 4.74 Å². The molecular formula is C19H34N2O3. The molecule has 0 aromatic heterocycles. The van der Waals surface area contributed by atoms with Crippen molar-refractivity contribution in [3.05, 3.63) is 0 Å². The molecule has 2 atom stereocenters. The summed E-state index contributed by atoms with van der Waals surface area (Å²) in [5, 5.41) is 13.1. The van der Waals surface area contributed by atoms with E-state index in [0.29, 0.717) is 24.6 Å². The summed E-state index contributed by atoms with van der Waals surface area (Å²) in [7, 11) is 0. The van der Waals surface area contributed by atoms with Crippen LogP contribution in [0.3, 0.4) is 0 Å². The van der Waals surface area contributed by atoms with Crippen LogP contribution in [0, 0.1) is 11.3 Å². The highest BCUT2D eigenvalue weighted by molar-refractivity contribution is 5.68. The average Bonchev–Trinajstić information content (AvgIpc) is 2.87. The van der Waals surface area contributed by atoms with E-state index in [1.165, 1.54) is 25.7 Å². The van der Waals surface area contributed by atoms with Gasteiger partial charge >= 0.3 is 6.09 Å². The molecule has 0 aromatic carbocycles. The van der Waals surface area contributed by atoms with Gasteiger partial charge in [0.2, 0.25) is 0 Å². The minimum atomic E-state index is -0.428. The van der Waals surface area contributed by atoms with Gasteiger partial charge in [-0.15, -0.1) is 0 Å². The van der Waals surface area contributed by atoms with Crippen LogP contribution in [-0.4, -0.2) is 53.5 Å². The van der Waals surface area contributed by atoms with Crippen molar-refractivity contribution in [2.24, 2.45) is 11.3 Å². The maximum Gasteiger partial charge on any atom is 0.410 e. The summed E-state index contributed by atoms with van der Waals surface area (Å²) in [4.78, 5) is 14.3. The lowest BCUT2D eigenvalue weighted by Crippen LogP contribution is -2.56. The Labute approximate surface area is 146 Å². The van der Waals surface area contributed by atoms with Crippen LogP contribution in [0.2, 0.25) is 0 Å². The number of aliphatic hydroxyl groups excluding tert-OH is 1. The SMILES string of the molecule is CC(C)(C)OC(=O)N1CCC2(CCCCC2NC2CC(CO)C2)C1. The standard InChI is InChI=1S/C19H34N2O3/c1-18(2,3)24-17(23)21-9-8-19(13-21)7-5-4-6-16(19)20-15-10-14(11-15)12-22/h14-16,20,22H,4-13H2,1-3H3. The number of ether oxygens (including phenoxy) is 1. The van der Waals surface area contributed by atoms with E-state index in [0.717, 1.165) is 32.4 Å². The topological polar surface area (TPSA) is 61.8 Å². The van der Waals surface area contributed by atoms with E-state index in [2.05, 4.69) is 5.32 Å². The van der Waals surface area contributed by atoms with Gasteiger partial charge in [0.25, 0.3) is 0 Å². The molecule has 3 rings (SSSR count). The first-order chi connectivity index (χ1) is 11.3. The lowest BCUT2D eigenvalue weighted by molar-refractivity contribution is 0.0230. The molecule has 138 valence electrons. The summed E-state index contributed by atoms with van der Waals surface area (Å²) in [6, 6.07) is 1.06. The molecular weight excluding hydrogens is 304 g/mol. The second-order valence-corrected chi connectivity index (χ2v) is 9.20. The molecule has 3 fully saturated rings. The van der Waals surface area contributed by atoms with Crippen molar-refractivity contribution in [3.63, 3.8) is 0 Å². The summed E-state index contributed by atoms with van der Waals surface area (Å²) in [6.07, 6.45) is 8.08. The van der Waals surface area contributed by atoms with Crippen molar-refractivity contribution in [2.45, 2.75) is 83.4 Å². The van der Waals surface area contributed by atoms with Gasteiger partial charge in [-0.2, -0.15) is 0 Å². The number of carbonyl (C=O) groups excluding carboxylic acids is 1. The minimum absolute atomic E-state index is 0.160. The Bertz CT molecular complexity index is 456. The van der Waals surface area contributed by atoms with Gasteiger partial charge in [0.05, 0.1) is 0 Å². The van der Waals surface area contributed by atoms with Crippen molar-refractivity contribution in [1.82, 2.24) is 10.2 Å². The second kappa shape index (κ2) is 6.83. The zero-order valence-electron chi connectivity index (χ0n) is 15.5. The molecule has 1 saturated heterocycles. The van der Waals surface area contributed by atoms with Gasteiger partial charge in [-0.3, -0.25) is 0 Å². The number of nitrogens with zero attached hydrogens (tertiary/aromatic N) is 1. The van der Waals surface area contributed by atoms with Crippen LogP contribution in [0.4, 0.5) is 4.79 Å². The molecule has 2 saturated carbocycles. The Morgan fingerprint density at radius 2 is 2.04 bits per heavy atom. The van der Waals surface area contributed by atoms with E-state index in [-0.39, 0.29) is 11.5 Å². The Kier molecular flexibility index (Phi) is 5.12. The highest BCUT2D eigenvalue weighted by Gasteiger charge is 2.48. The molecule has 2 aliphatic carbocycles. The summed E-state index contributed by atoms with van der Waals surface area (Å²) in [5.74, 6) is 0.490. The number of rotatable bonds is 3. The fraction of sp³-hybridized carbons (Fsp3) is 0.947. The van der Waals surface area contributed by atoms with Crippen molar-refractivity contribution in [2.75, 3.05) is 19.7 Å². The highest BCUT2D eigenvalue weighted by atomic mass is 16.6. The van der Waals surface area contributed by atoms with Crippen LogP contribution in [0.15, 0.2) is 0 Å². The van der Waals surface area contributed by atoms with E-state index >= 15 is 0 Å². The lowest BCUT2D eigenvalue weighted by atomic mass is 9.68. The number of likely N-dealkylation sites (tertiary alicyclic amines) is 1. The largest absolute Gasteiger partial charge is 0.444 e. The molecule has 0 bridgehead atoms. The van der Waals surface area contributed by atoms with Gasteiger partial charge < -0.3 is 20.1 Å². The van der Waals surface area contributed by atoms with Crippen LogP contribution >= 0.6 is 0 Å². The zero-order valence-corrected chi connectivity index (χ0v) is 15.5. The van der Waals surface area contributed by atoms with Crippen molar-refractivity contribution >= 4 is 6.09 Å². The molecule has 24 heavy (non-hydrogen) atoms. The quantitative estimate of drug-likeness (QED) is 0.830. The van der Waals surface area contributed by atoms with Gasteiger partial charge in [-0.1, -0.05) is 12.8 Å². The van der Waals surface area contributed by atoms with Gasteiger partial charge in [0.1, 0.15) is 5.60 Å². The number of amides is 1. The summed E-state index contributed by atoms with van der Waals surface area (Å²) in [6.45, 7) is 7.74. The van der Waals surface area contributed by atoms with Crippen LogP contribution in [0.25, 0.3) is 0 Å². The van der Waals surface area contributed by atoms with Crippen molar-refractivity contribution in [3.8, 4) is 0 Å². The minimum Gasteiger partial charge on any atom is -0.444 e. The lowest BCUT2D eigenvalue weighted by Gasteiger charge is -2.46. The van der Waals surface area contributed by atoms with E-state index < -0.39 is 5.60 Å². The van der Waals surface area contributed by atoms with E-state index in [1.807, 2.05) is 25.7 Å². The fourth-order valence-corrected chi connectivity index (χ4v) is 4.74. The summed E-state index contributed by atoms with van der Waals surface area (Å²) < 4.78 is 5.57. The Hall–Kier alpha value is -0.810. The first-order valence-electron chi connectivity index (χ1n) is 9.66. The van der Waals surface area contributed by atoms with E-state index in [1.54, 1.807) is 0 Å². The smallest absolute Gasteiger partial charge is 0.410 e. The fourth-order valence-electron chi connectivity index (χ4n) is 4.74. The first kappa shape index (κ1) is 18.0. The second-order valence-electron chi connectivity index (χ2n) is 9.20. The number of nitrogens with one attached hydrogen (secondary N) is 1. The molecule has 1 spiro atoms. The molecule has 1 amide bonds. The molecule has 5 heteroatoms. The molecule has 1 aliphatic heterocycles. The molecule has 2 N–H and O–H groups in total. The summed E-state index contributed by atoms with van der Waals surface area (Å²) >= 11 is 0. The highest BCUT2D eigenvalue weighted by Crippen LogP contribution is 2.45. The number of aliphatic hydroxyl groups is 1. The van der Waals surface area contributed by atoms with Crippen molar-refractivity contribution in [1.29, 1.82) is 0 Å². The molecule has 5 nitrogen and oxygen atoms in total. The Morgan fingerprint density at radius 1 is 1.29 bits per heavy atom. The monoisotopic (exact) mass is 338 g/mol. The maximum absolute atomic E-state index is 12.4. The van der Waals surface area contributed by atoms with Gasteiger partial charge in [0, 0.05) is 37.2 Å². The Morgan fingerprint density at radius 3 is 2.71 bits per heavy atom. The van der Waals surface area contributed by atoms with E-state index in [9.17, 15) is 9.90 Å². The van der Waals surface area contributed by atoms with Gasteiger partial charge in [-0.25, -0.2) is 4.79 Å². The molecule has 3 aliphatic rings. The first-order valence-corrected chi connectivity index (χ1v) is 9.66. The van der Waals surface area contributed by atoms with E-state index in [4.69, 9.17) is 4.74 Å². The number of hydrogen-bond acceptors (Lipinski definition) is 4. The Balaban J connectivity index is 1.59. The normalized spacial score (nSPS) is 36.7. The molecule has 1 heterocycles. The molecule has 0 aromatic rings. The molecule has 0 radical (unpaired) electrons. The van der Waals surface area contributed by atoms with Crippen LogP contribution in [0.5, 0.6) is 0 Å². The maximum atomic E-state index is 12.4. The van der Waals surface area contributed by atoms with Gasteiger partial charge in [-0.05, 0) is 58.8 Å². The predicted molar refractivity (Wildman–Crippen MR) is 93.8 cm³/mol. The van der Waals surface area contributed by atoms with Gasteiger partial charge in [0.15, 0.2) is 0 Å². The third-order valence-electron chi connectivity index (χ3n) is 6.12.